The maximum Gasteiger partial charge on any atom is 0.264 e. The van der Waals surface area contributed by atoms with Crippen LogP contribution in [0, 0.1) is 29.9 Å². The number of carbonyl (C=O) groups is 1. The van der Waals surface area contributed by atoms with E-state index in [4.69, 9.17) is 5.41 Å². The molecule has 9 heteroatoms. The average molecular weight is 563 g/mol. The van der Waals surface area contributed by atoms with Crippen molar-refractivity contribution >= 4 is 5.91 Å². The minimum atomic E-state index is -2.91. The summed E-state index contributed by atoms with van der Waals surface area (Å²) in [6.45, 7) is 1.93. The number of benzene rings is 3. The fourth-order valence-corrected chi connectivity index (χ4v) is 5.45. The van der Waals surface area contributed by atoms with E-state index in [1.165, 1.54) is 12.1 Å². The lowest BCUT2D eigenvalue weighted by Crippen LogP contribution is -2.30. The first-order valence-corrected chi connectivity index (χ1v) is 13.8. The molecule has 2 fully saturated rings. The number of nitrogens with one attached hydrogen (secondary N) is 2. The molecule has 4 aromatic rings. The molecule has 0 saturated heterocycles. The van der Waals surface area contributed by atoms with Crippen molar-refractivity contribution < 1.29 is 22.4 Å². The van der Waals surface area contributed by atoms with Crippen molar-refractivity contribution in [3.63, 3.8) is 0 Å². The molecule has 6 rings (SSSR count). The Balaban J connectivity index is 1.39. The van der Waals surface area contributed by atoms with Gasteiger partial charge in [-0.25, -0.2) is 17.6 Å². The second-order valence-corrected chi connectivity index (χ2v) is 11.1. The van der Waals surface area contributed by atoms with Crippen molar-refractivity contribution in [3.05, 3.63) is 112 Å². The van der Waals surface area contributed by atoms with Crippen LogP contribution in [-0.4, -0.2) is 15.0 Å². The number of aryl methyl sites for hydroxylation is 1. The quantitative estimate of drug-likeness (QED) is 0.208. The van der Waals surface area contributed by atoms with Gasteiger partial charge in [0.1, 0.15) is 11.6 Å². The highest BCUT2D eigenvalue weighted by Crippen LogP contribution is 2.42. The maximum atomic E-state index is 13.9. The molecule has 1 aromatic heterocycles. The molecule has 1 amide bonds. The lowest BCUT2D eigenvalue weighted by atomic mass is 9.95. The number of nitrogens with zero attached hydrogens (tertiary/aromatic N) is 2. The van der Waals surface area contributed by atoms with Crippen molar-refractivity contribution in [1.29, 1.82) is 5.41 Å². The SMILES string of the molecule is Cc1cc([C@@H](NC(=O)c2cc(Cn3ccn(C4CC4)c3=N)cc(-c3ccc(F)cc3C(F)F)c2)C2CC2)ccc1F. The molecule has 0 bridgehead atoms. The van der Waals surface area contributed by atoms with Gasteiger partial charge in [-0.2, -0.15) is 0 Å². The van der Waals surface area contributed by atoms with Gasteiger partial charge in [0.25, 0.3) is 12.3 Å². The van der Waals surface area contributed by atoms with Gasteiger partial charge in [-0.1, -0.05) is 18.2 Å². The van der Waals surface area contributed by atoms with E-state index in [1.54, 1.807) is 48.0 Å². The summed E-state index contributed by atoms with van der Waals surface area (Å²) in [4.78, 5) is 13.7. The fraction of sp³-hybridized carbons (Fsp3) is 0.312. The van der Waals surface area contributed by atoms with Crippen LogP contribution in [0.25, 0.3) is 11.1 Å². The number of amides is 1. The van der Waals surface area contributed by atoms with E-state index in [1.807, 2.05) is 10.8 Å². The van der Waals surface area contributed by atoms with E-state index in [-0.39, 0.29) is 41.4 Å². The van der Waals surface area contributed by atoms with E-state index in [0.29, 0.717) is 28.4 Å². The topological polar surface area (TPSA) is 62.8 Å². The number of halogens is 4. The molecule has 2 saturated carbocycles. The summed E-state index contributed by atoms with van der Waals surface area (Å²) in [5, 5.41) is 11.7. The zero-order valence-corrected chi connectivity index (χ0v) is 22.5. The highest BCUT2D eigenvalue weighted by Gasteiger charge is 2.34. The number of alkyl halides is 2. The van der Waals surface area contributed by atoms with Gasteiger partial charge in [0.2, 0.25) is 5.62 Å². The zero-order valence-electron chi connectivity index (χ0n) is 22.5. The standard InChI is InChI=1S/C32H30F4N4O/c1-18-12-21(4-9-28(18)34)29(20-2-3-20)38-31(41)23-14-19(17-39-10-11-40(32(39)37)25-6-7-25)13-22(15-23)26-8-5-24(33)16-27(26)30(35)36/h4-5,8-16,20,25,29-30,37H,2-3,6-7,17H2,1H3,(H,38,41)/t29-/m0/s1. The predicted molar refractivity (Wildman–Crippen MR) is 147 cm³/mol. The third kappa shape index (κ3) is 5.71. The van der Waals surface area contributed by atoms with Gasteiger partial charge in [0, 0.05) is 29.6 Å². The molecule has 41 heavy (non-hydrogen) atoms. The van der Waals surface area contributed by atoms with Crippen LogP contribution in [-0.2, 0) is 6.54 Å². The first-order chi connectivity index (χ1) is 19.7. The molecule has 1 atom stereocenters. The number of hydrogen-bond acceptors (Lipinski definition) is 2. The number of carbonyl (C=O) groups excluding carboxylic acids is 1. The van der Waals surface area contributed by atoms with Gasteiger partial charge in [-0.05, 0) is 103 Å². The first-order valence-electron chi connectivity index (χ1n) is 13.8. The highest BCUT2D eigenvalue weighted by molar-refractivity contribution is 5.96. The molecule has 0 spiro atoms. The summed E-state index contributed by atoms with van der Waals surface area (Å²) < 4.78 is 59.4. The molecule has 0 radical (unpaired) electrons. The summed E-state index contributed by atoms with van der Waals surface area (Å²) in [7, 11) is 0. The third-order valence-electron chi connectivity index (χ3n) is 7.95. The highest BCUT2D eigenvalue weighted by atomic mass is 19.3. The Bertz CT molecular complexity index is 1680. The summed E-state index contributed by atoms with van der Waals surface area (Å²) in [5.41, 5.74) is 2.56. The molecule has 2 aliphatic carbocycles. The van der Waals surface area contributed by atoms with Crippen molar-refractivity contribution in [2.45, 2.75) is 57.7 Å². The molecule has 3 aromatic carbocycles. The fourth-order valence-electron chi connectivity index (χ4n) is 5.45. The van der Waals surface area contributed by atoms with Gasteiger partial charge in [0.05, 0.1) is 12.6 Å². The summed E-state index contributed by atoms with van der Waals surface area (Å²) in [6.07, 6.45) is 4.66. The molecule has 2 N–H and O–H groups in total. The summed E-state index contributed by atoms with van der Waals surface area (Å²) in [6, 6.07) is 13.0. The Morgan fingerprint density at radius 3 is 2.46 bits per heavy atom. The van der Waals surface area contributed by atoms with Gasteiger partial charge in [-0.15, -0.1) is 0 Å². The Kier molecular flexibility index (Phi) is 7.05. The minimum Gasteiger partial charge on any atom is -0.345 e. The van der Waals surface area contributed by atoms with E-state index < -0.39 is 17.8 Å². The van der Waals surface area contributed by atoms with E-state index in [2.05, 4.69) is 5.32 Å². The lowest BCUT2D eigenvalue weighted by Gasteiger charge is -2.20. The van der Waals surface area contributed by atoms with Gasteiger partial charge in [-0.3, -0.25) is 10.2 Å². The van der Waals surface area contributed by atoms with Crippen LogP contribution in [0.15, 0.2) is 67.0 Å². The largest absolute Gasteiger partial charge is 0.345 e. The molecule has 0 aliphatic heterocycles. The van der Waals surface area contributed by atoms with Crippen molar-refractivity contribution in [2.75, 3.05) is 0 Å². The summed E-state index contributed by atoms with van der Waals surface area (Å²) in [5.74, 6) is -1.25. The van der Waals surface area contributed by atoms with Crippen LogP contribution < -0.4 is 10.9 Å². The second-order valence-electron chi connectivity index (χ2n) is 11.1. The van der Waals surface area contributed by atoms with Crippen LogP contribution >= 0.6 is 0 Å². The van der Waals surface area contributed by atoms with Gasteiger partial charge in [0.15, 0.2) is 0 Å². The van der Waals surface area contributed by atoms with Crippen LogP contribution in [0.1, 0.15) is 76.8 Å². The van der Waals surface area contributed by atoms with E-state index in [9.17, 15) is 22.4 Å². The second kappa shape index (κ2) is 10.7. The maximum absolute atomic E-state index is 13.9. The third-order valence-corrected chi connectivity index (χ3v) is 7.95. The molecular weight excluding hydrogens is 532 g/mol. The van der Waals surface area contributed by atoms with Crippen LogP contribution in [0.5, 0.6) is 0 Å². The minimum absolute atomic E-state index is 0.136. The summed E-state index contributed by atoms with van der Waals surface area (Å²) >= 11 is 0. The zero-order chi connectivity index (χ0) is 28.8. The molecule has 5 nitrogen and oxygen atoms in total. The first kappa shape index (κ1) is 27.1. The molecule has 2 aliphatic rings. The Labute approximate surface area is 235 Å². The number of imidazole rings is 1. The predicted octanol–water partition coefficient (Wildman–Crippen LogP) is 7.22. The molecule has 0 unspecified atom stereocenters. The van der Waals surface area contributed by atoms with Gasteiger partial charge >= 0.3 is 0 Å². The molecule has 1 heterocycles. The Morgan fingerprint density at radius 2 is 1.78 bits per heavy atom. The molecule has 212 valence electrons. The number of hydrogen-bond donors (Lipinski definition) is 2. The normalized spacial score (nSPS) is 15.8. The van der Waals surface area contributed by atoms with Crippen molar-refractivity contribution in [1.82, 2.24) is 14.5 Å². The average Bonchev–Trinajstić information content (AvgIpc) is 3.88. The van der Waals surface area contributed by atoms with Crippen molar-refractivity contribution in [2.24, 2.45) is 5.92 Å². The van der Waals surface area contributed by atoms with Crippen LogP contribution in [0.4, 0.5) is 17.6 Å². The Morgan fingerprint density at radius 1 is 1.00 bits per heavy atom. The number of rotatable bonds is 9. The van der Waals surface area contributed by atoms with Crippen LogP contribution in [0.3, 0.4) is 0 Å². The van der Waals surface area contributed by atoms with E-state index >= 15 is 0 Å². The number of aromatic nitrogens is 2. The molecular formula is C32H30F4N4O. The van der Waals surface area contributed by atoms with Crippen molar-refractivity contribution in [3.8, 4) is 11.1 Å². The van der Waals surface area contributed by atoms with Gasteiger partial charge < -0.3 is 14.5 Å². The van der Waals surface area contributed by atoms with Crippen LogP contribution in [0.2, 0.25) is 0 Å². The lowest BCUT2D eigenvalue weighted by molar-refractivity contribution is 0.0931. The monoisotopic (exact) mass is 562 g/mol. The smallest absolute Gasteiger partial charge is 0.264 e. The Hall–Kier alpha value is -4.14. The van der Waals surface area contributed by atoms with E-state index in [0.717, 1.165) is 43.4 Å².